The first kappa shape index (κ1) is 15.4. The summed E-state index contributed by atoms with van der Waals surface area (Å²) < 4.78 is 3.47. The zero-order valence-electron chi connectivity index (χ0n) is 14.1. The van der Waals surface area contributed by atoms with E-state index in [1.807, 2.05) is 6.07 Å². The quantitative estimate of drug-likeness (QED) is 0.296. The SMILES string of the molecule is Brc1cccc2c1c1ccccc1n2-c1ccc(-c2ccccc2)cc1. The fourth-order valence-corrected chi connectivity index (χ4v) is 4.26. The van der Waals surface area contributed by atoms with Crippen LogP contribution in [0.3, 0.4) is 0 Å². The van der Waals surface area contributed by atoms with Crippen molar-refractivity contribution in [1.29, 1.82) is 0 Å². The van der Waals surface area contributed by atoms with Crippen LogP contribution in [0.2, 0.25) is 0 Å². The van der Waals surface area contributed by atoms with Gasteiger partial charge < -0.3 is 4.57 Å². The van der Waals surface area contributed by atoms with Gasteiger partial charge in [0.1, 0.15) is 0 Å². The van der Waals surface area contributed by atoms with E-state index in [0.717, 1.165) is 4.47 Å². The van der Waals surface area contributed by atoms with Gasteiger partial charge in [-0.3, -0.25) is 0 Å². The highest BCUT2D eigenvalue weighted by molar-refractivity contribution is 9.10. The van der Waals surface area contributed by atoms with Crippen LogP contribution in [0.15, 0.2) is 102 Å². The number of rotatable bonds is 2. The van der Waals surface area contributed by atoms with Crippen LogP contribution in [0.4, 0.5) is 0 Å². The van der Waals surface area contributed by atoms with Gasteiger partial charge in [-0.05, 0) is 41.5 Å². The maximum atomic E-state index is 3.73. The Balaban J connectivity index is 1.75. The highest BCUT2D eigenvalue weighted by atomic mass is 79.9. The first-order valence-electron chi connectivity index (χ1n) is 8.66. The molecule has 1 heterocycles. The maximum Gasteiger partial charge on any atom is 0.0552 e. The van der Waals surface area contributed by atoms with Crippen LogP contribution in [0, 0.1) is 0 Å². The second-order valence-electron chi connectivity index (χ2n) is 6.40. The predicted molar refractivity (Wildman–Crippen MR) is 114 cm³/mol. The molecule has 124 valence electrons. The summed E-state index contributed by atoms with van der Waals surface area (Å²) >= 11 is 3.73. The molecule has 0 unspecified atom stereocenters. The Morgan fingerprint density at radius 1 is 0.538 bits per heavy atom. The molecule has 0 atom stereocenters. The third-order valence-corrected chi connectivity index (χ3v) is 5.54. The molecule has 0 N–H and O–H groups in total. The lowest BCUT2D eigenvalue weighted by Gasteiger charge is -2.09. The molecule has 26 heavy (non-hydrogen) atoms. The van der Waals surface area contributed by atoms with Crippen LogP contribution in [-0.2, 0) is 0 Å². The first-order chi connectivity index (χ1) is 12.8. The Kier molecular flexibility index (Phi) is 3.65. The van der Waals surface area contributed by atoms with Gasteiger partial charge in [-0.1, -0.05) is 82.7 Å². The Bertz CT molecular complexity index is 1220. The summed E-state index contributed by atoms with van der Waals surface area (Å²) in [4.78, 5) is 0. The van der Waals surface area contributed by atoms with Crippen molar-refractivity contribution in [2.75, 3.05) is 0 Å². The minimum absolute atomic E-state index is 1.13. The maximum absolute atomic E-state index is 3.73. The van der Waals surface area contributed by atoms with Gasteiger partial charge in [0.2, 0.25) is 0 Å². The molecule has 0 saturated heterocycles. The van der Waals surface area contributed by atoms with E-state index in [0.29, 0.717) is 0 Å². The summed E-state index contributed by atoms with van der Waals surface area (Å²) in [6.07, 6.45) is 0. The average Bonchev–Trinajstić information content (AvgIpc) is 3.04. The zero-order valence-corrected chi connectivity index (χ0v) is 15.6. The predicted octanol–water partition coefficient (Wildman–Crippen LogP) is 7.21. The molecule has 0 aliphatic rings. The van der Waals surface area contributed by atoms with Crippen LogP contribution in [-0.4, -0.2) is 4.57 Å². The molecule has 1 aromatic heterocycles. The molecule has 0 aliphatic heterocycles. The van der Waals surface area contributed by atoms with Gasteiger partial charge in [-0.2, -0.15) is 0 Å². The number of halogens is 1. The molecule has 0 saturated carbocycles. The minimum atomic E-state index is 1.13. The molecular formula is C24H16BrN. The monoisotopic (exact) mass is 397 g/mol. The highest BCUT2D eigenvalue weighted by Crippen LogP contribution is 2.36. The third kappa shape index (κ3) is 2.38. The lowest BCUT2D eigenvalue weighted by molar-refractivity contribution is 1.18. The molecule has 1 nitrogen and oxygen atoms in total. The van der Waals surface area contributed by atoms with Gasteiger partial charge in [-0.25, -0.2) is 0 Å². The molecule has 0 amide bonds. The number of para-hydroxylation sites is 1. The molecule has 5 aromatic rings. The number of aromatic nitrogens is 1. The lowest BCUT2D eigenvalue weighted by atomic mass is 10.1. The largest absolute Gasteiger partial charge is 0.309 e. The Labute approximate surface area is 160 Å². The zero-order chi connectivity index (χ0) is 17.5. The smallest absolute Gasteiger partial charge is 0.0552 e. The van der Waals surface area contributed by atoms with Crippen LogP contribution in [0.5, 0.6) is 0 Å². The number of benzene rings is 4. The molecule has 0 aliphatic carbocycles. The number of hydrogen-bond acceptors (Lipinski definition) is 0. The second kappa shape index (κ2) is 6.15. The van der Waals surface area contributed by atoms with E-state index in [-0.39, 0.29) is 0 Å². The van der Waals surface area contributed by atoms with E-state index in [9.17, 15) is 0 Å². The van der Waals surface area contributed by atoms with E-state index in [1.54, 1.807) is 0 Å². The topological polar surface area (TPSA) is 4.93 Å². The van der Waals surface area contributed by atoms with Crippen LogP contribution < -0.4 is 0 Å². The summed E-state index contributed by atoms with van der Waals surface area (Å²) in [7, 11) is 0. The van der Waals surface area contributed by atoms with Crippen molar-refractivity contribution < 1.29 is 0 Å². The molecule has 5 rings (SSSR count). The summed E-state index contributed by atoms with van der Waals surface area (Å²) in [6.45, 7) is 0. The molecule has 4 aromatic carbocycles. The van der Waals surface area contributed by atoms with Gasteiger partial charge in [0, 0.05) is 20.9 Å². The van der Waals surface area contributed by atoms with Gasteiger partial charge in [0.05, 0.1) is 11.0 Å². The van der Waals surface area contributed by atoms with Crippen molar-refractivity contribution in [3.63, 3.8) is 0 Å². The molecule has 0 spiro atoms. The summed E-state index contributed by atoms with van der Waals surface area (Å²) in [5.41, 5.74) is 6.09. The second-order valence-corrected chi connectivity index (χ2v) is 7.25. The molecular weight excluding hydrogens is 382 g/mol. The van der Waals surface area contributed by atoms with Crippen molar-refractivity contribution in [1.82, 2.24) is 4.57 Å². The fourth-order valence-electron chi connectivity index (χ4n) is 3.69. The van der Waals surface area contributed by atoms with Crippen molar-refractivity contribution >= 4 is 37.7 Å². The van der Waals surface area contributed by atoms with E-state index in [2.05, 4.69) is 111 Å². The van der Waals surface area contributed by atoms with Gasteiger partial charge in [0.15, 0.2) is 0 Å². The minimum Gasteiger partial charge on any atom is -0.309 e. The normalized spacial score (nSPS) is 11.3. The van der Waals surface area contributed by atoms with Gasteiger partial charge >= 0.3 is 0 Å². The number of fused-ring (bicyclic) bond motifs is 3. The molecule has 0 fully saturated rings. The number of nitrogens with zero attached hydrogens (tertiary/aromatic N) is 1. The van der Waals surface area contributed by atoms with Crippen molar-refractivity contribution in [3.05, 3.63) is 102 Å². The third-order valence-electron chi connectivity index (χ3n) is 4.88. The standard InChI is InChI=1S/C24H16BrN/c25-21-10-6-12-23-24(21)20-9-4-5-11-22(20)26(23)19-15-13-18(14-16-19)17-7-2-1-3-8-17/h1-16H. The average molecular weight is 398 g/mol. The van der Waals surface area contributed by atoms with Crippen LogP contribution in [0.1, 0.15) is 0 Å². The molecule has 0 radical (unpaired) electrons. The van der Waals surface area contributed by atoms with Crippen LogP contribution in [0.25, 0.3) is 38.6 Å². The van der Waals surface area contributed by atoms with Gasteiger partial charge in [0.25, 0.3) is 0 Å². The van der Waals surface area contributed by atoms with Crippen LogP contribution >= 0.6 is 15.9 Å². The van der Waals surface area contributed by atoms with E-state index in [4.69, 9.17) is 0 Å². The molecule has 0 bridgehead atoms. The van der Waals surface area contributed by atoms with Crippen molar-refractivity contribution in [2.24, 2.45) is 0 Å². The van der Waals surface area contributed by atoms with Crippen molar-refractivity contribution in [2.45, 2.75) is 0 Å². The first-order valence-corrected chi connectivity index (χ1v) is 9.46. The van der Waals surface area contributed by atoms with E-state index >= 15 is 0 Å². The van der Waals surface area contributed by atoms with E-state index in [1.165, 1.54) is 38.6 Å². The lowest BCUT2D eigenvalue weighted by Crippen LogP contribution is -1.93. The Hall–Kier alpha value is -2.84. The summed E-state index contributed by atoms with van der Waals surface area (Å²) in [5, 5.41) is 2.53. The van der Waals surface area contributed by atoms with Gasteiger partial charge in [-0.15, -0.1) is 0 Å². The van der Waals surface area contributed by atoms with Crippen molar-refractivity contribution in [3.8, 4) is 16.8 Å². The number of hydrogen-bond donors (Lipinski definition) is 0. The summed E-state index contributed by atoms with van der Waals surface area (Å²) in [6, 6.07) is 34.3. The van der Waals surface area contributed by atoms with E-state index < -0.39 is 0 Å². The Morgan fingerprint density at radius 2 is 1.19 bits per heavy atom. The fraction of sp³-hybridized carbons (Fsp3) is 0. The Morgan fingerprint density at radius 3 is 2.00 bits per heavy atom. The summed E-state index contributed by atoms with van der Waals surface area (Å²) in [5.74, 6) is 0. The molecule has 2 heteroatoms. The highest BCUT2D eigenvalue weighted by Gasteiger charge is 2.13.